The highest BCUT2D eigenvalue weighted by molar-refractivity contribution is 6.30. The maximum Gasteiger partial charge on any atom is 0.289 e. The number of ketones is 1. The second-order valence-electron chi connectivity index (χ2n) is 9.01. The number of hydrogen-bond acceptors (Lipinski definition) is 4. The van der Waals surface area contributed by atoms with Crippen molar-refractivity contribution < 1.29 is 18.7 Å². The first-order valence-electron chi connectivity index (χ1n) is 11.2. The zero-order valence-corrected chi connectivity index (χ0v) is 19.1. The monoisotopic (exact) mass is 451 g/mol. The molecule has 5 nitrogen and oxygen atoms in total. The molecule has 0 saturated carbocycles. The van der Waals surface area contributed by atoms with Crippen molar-refractivity contribution in [2.45, 2.75) is 51.6 Å². The number of benzene rings is 2. The minimum Gasteiger partial charge on any atom is -0.482 e. The van der Waals surface area contributed by atoms with Crippen LogP contribution in [0.3, 0.4) is 0 Å². The van der Waals surface area contributed by atoms with E-state index in [4.69, 9.17) is 20.8 Å². The molecule has 0 spiro atoms. The molecule has 32 heavy (non-hydrogen) atoms. The number of furan rings is 1. The summed E-state index contributed by atoms with van der Waals surface area (Å²) in [5.74, 6) is 0.731. The predicted molar refractivity (Wildman–Crippen MR) is 124 cm³/mol. The third kappa shape index (κ3) is 3.49. The maximum absolute atomic E-state index is 13.4. The Morgan fingerprint density at radius 2 is 1.72 bits per heavy atom. The number of halogens is 1. The van der Waals surface area contributed by atoms with Crippen molar-refractivity contribution in [2.24, 2.45) is 0 Å². The largest absolute Gasteiger partial charge is 0.482 e. The highest BCUT2D eigenvalue weighted by Crippen LogP contribution is 2.44. The van der Waals surface area contributed by atoms with E-state index in [0.717, 1.165) is 44.3 Å². The van der Waals surface area contributed by atoms with Gasteiger partial charge in [-0.3, -0.25) is 9.59 Å². The summed E-state index contributed by atoms with van der Waals surface area (Å²) in [5, 5.41) is 1.32. The summed E-state index contributed by atoms with van der Waals surface area (Å²) < 4.78 is 12.4. The van der Waals surface area contributed by atoms with Crippen LogP contribution in [-0.2, 0) is 5.60 Å². The predicted octanol–water partition coefficient (Wildman–Crippen LogP) is 6.29. The average molecular weight is 452 g/mol. The number of aryl methyl sites for hydroxylation is 1. The minimum absolute atomic E-state index is 0.0213. The number of ether oxygens (including phenoxy) is 1. The first kappa shape index (κ1) is 21.1. The fourth-order valence-electron chi connectivity index (χ4n) is 4.94. The molecule has 1 aromatic heterocycles. The van der Waals surface area contributed by atoms with Crippen molar-refractivity contribution in [3.05, 3.63) is 63.9 Å². The van der Waals surface area contributed by atoms with Gasteiger partial charge >= 0.3 is 0 Å². The SMILES string of the molecule is Cc1c(C(=O)N2CCCCCC2)oc2ccc3c(c12)C(=O)CC(C)(c1ccc(Cl)cc1)O3. The van der Waals surface area contributed by atoms with Gasteiger partial charge in [0.2, 0.25) is 0 Å². The molecule has 1 amide bonds. The molecule has 2 aliphatic rings. The molecule has 166 valence electrons. The summed E-state index contributed by atoms with van der Waals surface area (Å²) in [7, 11) is 0. The molecule has 3 aromatic rings. The third-order valence-corrected chi connectivity index (χ3v) is 6.96. The Morgan fingerprint density at radius 1 is 1.03 bits per heavy atom. The molecule has 1 fully saturated rings. The van der Waals surface area contributed by atoms with E-state index in [1.807, 2.05) is 30.9 Å². The highest BCUT2D eigenvalue weighted by atomic mass is 35.5. The topological polar surface area (TPSA) is 59.8 Å². The van der Waals surface area contributed by atoms with Gasteiger partial charge in [0.1, 0.15) is 16.9 Å². The van der Waals surface area contributed by atoms with Crippen LogP contribution in [-0.4, -0.2) is 29.7 Å². The molecule has 2 aliphatic heterocycles. The second-order valence-corrected chi connectivity index (χ2v) is 9.45. The molecule has 5 rings (SSSR count). The first-order chi connectivity index (χ1) is 15.4. The van der Waals surface area contributed by atoms with Crippen molar-refractivity contribution in [1.82, 2.24) is 4.90 Å². The number of rotatable bonds is 2. The Bertz CT molecular complexity index is 1200. The molecule has 1 atom stereocenters. The van der Waals surface area contributed by atoms with Gasteiger partial charge in [-0.05, 0) is 56.5 Å². The number of amides is 1. The molecule has 3 heterocycles. The van der Waals surface area contributed by atoms with Crippen molar-refractivity contribution in [2.75, 3.05) is 13.1 Å². The second kappa shape index (κ2) is 7.96. The van der Waals surface area contributed by atoms with Crippen LogP contribution >= 0.6 is 11.6 Å². The van der Waals surface area contributed by atoms with Crippen molar-refractivity contribution >= 4 is 34.3 Å². The lowest BCUT2D eigenvalue weighted by molar-refractivity contribution is 0.0507. The van der Waals surface area contributed by atoms with E-state index in [1.165, 1.54) is 0 Å². The van der Waals surface area contributed by atoms with Gasteiger partial charge in [0.15, 0.2) is 11.5 Å². The lowest BCUT2D eigenvalue weighted by atomic mass is 9.84. The number of carbonyl (C=O) groups excluding carboxylic acids is 2. The molecular formula is C26H26ClNO4. The molecule has 2 aromatic carbocycles. The fraction of sp³-hybridized carbons (Fsp3) is 0.385. The van der Waals surface area contributed by atoms with Crippen LogP contribution in [0.15, 0.2) is 40.8 Å². The van der Waals surface area contributed by atoms with E-state index in [0.29, 0.717) is 38.6 Å². The van der Waals surface area contributed by atoms with E-state index < -0.39 is 5.60 Å². The molecule has 1 saturated heterocycles. The molecule has 6 heteroatoms. The van der Waals surface area contributed by atoms with Gasteiger partial charge in [-0.15, -0.1) is 0 Å². The van der Waals surface area contributed by atoms with E-state index >= 15 is 0 Å². The Kier molecular flexibility index (Phi) is 5.25. The zero-order valence-electron chi connectivity index (χ0n) is 18.4. The van der Waals surface area contributed by atoms with E-state index in [9.17, 15) is 9.59 Å². The molecule has 1 unspecified atom stereocenters. The maximum atomic E-state index is 13.4. The Labute approximate surface area is 192 Å². The lowest BCUT2D eigenvalue weighted by Crippen LogP contribution is -2.36. The number of nitrogens with zero attached hydrogens (tertiary/aromatic N) is 1. The molecular weight excluding hydrogens is 426 g/mol. The Balaban J connectivity index is 1.55. The number of hydrogen-bond donors (Lipinski definition) is 0. The number of fused-ring (bicyclic) bond motifs is 3. The summed E-state index contributed by atoms with van der Waals surface area (Å²) >= 11 is 6.03. The zero-order chi connectivity index (χ0) is 22.5. The highest BCUT2D eigenvalue weighted by Gasteiger charge is 2.40. The Morgan fingerprint density at radius 3 is 2.41 bits per heavy atom. The van der Waals surface area contributed by atoms with Gasteiger partial charge in [0.25, 0.3) is 5.91 Å². The normalized spacial score (nSPS) is 21.2. The summed E-state index contributed by atoms with van der Waals surface area (Å²) in [5.41, 5.74) is 1.86. The number of carbonyl (C=O) groups is 2. The van der Waals surface area contributed by atoms with Gasteiger partial charge in [-0.1, -0.05) is 36.6 Å². The summed E-state index contributed by atoms with van der Waals surface area (Å²) in [6.07, 6.45) is 4.51. The standard InChI is InChI=1S/C26H26ClNO4/c1-16-22-20(31-24(16)25(30)28-13-5-3-4-6-14-28)11-12-21-23(22)19(29)15-26(2,32-21)17-7-9-18(27)10-8-17/h7-12H,3-6,13-15H2,1-2H3. The van der Waals surface area contributed by atoms with Crippen LogP contribution in [0.1, 0.15) is 71.1 Å². The minimum atomic E-state index is -0.787. The molecule has 0 N–H and O–H groups in total. The van der Waals surface area contributed by atoms with Gasteiger partial charge in [0.05, 0.1) is 12.0 Å². The summed E-state index contributed by atoms with van der Waals surface area (Å²) in [6.45, 7) is 5.26. The number of likely N-dealkylation sites (tertiary alicyclic amines) is 1. The molecule has 0 bridgehead atoms. The van der Waals surface area contributed by atoms with Crippen molar-refractivity contribution in [3.8, 4) is 5.75 Å². The smallest absolute Gasteiger partial charge is 0.289 e. The van der Waals surface area contributed by atoms with Crippen LogP contribution in [0.4, 0.5) is 0 Å². The molecule has 0 radical (unpaired) electrons. The van der Waals surface area contributed by atoms with Gasteiger partial charge < -0.3 is 14.1 Å². The van der Waals surface area contributed by atoms with Gasteiger partial charge in [-0.25, -0.2) is 0 Å². The van der Waals surface area contributed by atoms with E-state index in [-0.39, 0.29) is 18.1 Å². The fourth-order valence-corrected chi connectivity index (χ4v) is 5.07. The number of Topliss-reactive ketones (excluding diaryl/α,β-unsaturated/α-hetero) is 1. The quantitative estimate of drug-likeness (QED) is 0.459. The van der Waals surface area contributed by atoms with Crippen molar-refractivity contribution in [3.63, 3.8) is 0 Å². The summed E-state index contributed by atoms with van der Waals surface area (Å²) in [6, 6.07) is 10.9. The van der Waals surface area contributed by atoms with Crippen LogP contribution in [0.5, 0.6) is 5.75 Å². The van der Waals surface area contributed by atoms with E-state index in [2.05, 4.69) is 0 Å². The molecule has 0 aliphatic carbocycles. The third-order valence-electron chi connectivity index (χ3n) is 6.71. The Hall–Kier alpha value is -2.79. The van der Waals surface area contributed by atoms with E-state index in [1.54, 1.807) is 24.3 Å². The van der Waals surface area contributed by atoms with Crippen LogP contribution < -0.4 is 4.74 Å². The van der Waals surface area contributed by atoms with Gasteiger partial charge in [-0.2, -0.15) is 0 Å². The van der Waals surface area contributed by atoms with Crippen molar-refractivity contribution in [1.29, 1.82) is 0 Å². The van der Waals surface area contributed by atoms with Crippen LogP contribution in [0, 0.1) is 6.92 Å². The summed E-state index contributed by atoms with van der Waals surface area (Å²) in [4.78, 5) is 28.5. The van der Waals surface area contributed by atoms with Gasteiger partial charge in [0, 0.05) is 29.1 Å². The van der Waals surface area contributed by atoms with Crippen LogP contribution in [0.25, 0.3) is 11.0 Å². The lowest BCUT2D eigenvalue weighted by Gasteiger charge is -2.35. The first-order valence-corrected chi connectivity index (χ1v) is 11.6. The average Bonchev–Trinajstić information content (AvgIpc) is 2.93. The van der Waals surface area contributed by atoms with Crippen LogP contribution in [0.2, 0.25) is 5.02 Å².